The number of hydrogen-bond donors (Lipinski definition) is 1. The summed E-state index contributed by atoms with van der Waals surface area (Å²) in [4.78, 5) is 159. The van der Waals surface area contributed by atoms with Crippen molar-refractivity contribution in [3.05, 3.63) is 35.4 Å². The normalized spacial score (nSPS) is 23.3. The number of carbonyl (C=O) groups is 10. The molecule has 2 aliphatic heterocycles. The monoisotopic (exact) mass is 1160 g/mol. The SMILES string of the molecule is CC[C@H](C)[C@H]1C(=O)N[C@@H](C)C(=O)N(C)[C@@H](CC(C)C)C(=O)N2Cc3ccccc3C[C@H]2C(=O)N(C)CCCC[C@H](N(C)C(=O)[C@H](CC(C)C)N(C)C(=O)[C@H](C)N(C)C(=O)[C@H](OC(=O)[C@H](C(C)C)N(C)C)C(C)C)C(=O)N(C)[C@@H](C)C(=O)N1C. The molecule has 1 fully saturated rings. The van der Waals surface area contributed by atoms with Gasteiger partial charge < -0.3 is 49.3 Å². The Balaban J connectivity index is 2.14. The number of rotatable bonds is 17. The Bertz CT molecular complexity index is 2440. The van der Waals surface area contributed by atoms with Crippen molar-refractivity contribution in [3.63, 3.8) is 0 Å². The number of fused-ring (bicyclic) bond motifs is 2. The van der Waals surface area contributed by atoms with Crippen LogP contribution in [-0.4, -0.2) is 234 Å². The Morgan fingerprint density at radius 3 is 1.80 bits per heavy atom. The minimum Gasteiger partial charge on any atom is -0.451 e. The van der Waals surface area contributed by atoms with Crippen LogP contribution in [0.4, 0.5) is 0 Å². The molecule has 2 aliphatic rings. The topological polar surface area (TPSA) is 221 Å². The summed E-state index contributed by atoms with van der Waals surface area (Å²) in [5.74, 6) is -6.43. The van der Waals surface area contributed by atoms with Crippen molar-refractivity contribution in [2.75, 3.05) is 70.0 Å². The number of likely N-dealkylation sites (N-methyl/N-ethyl adjacent to an activating group) is 8. The van der Waals surface area contributed by atoms with Crippen LogP contribution in [0.25, 0.3) is 0 Å². The second kappa shape index (κ2) is 31.1. The van der Waals surface area contributed by atoms with Gasteiger partial charge in [0.05, 0.1) is 0 Å². The van der Waals surface area contributed by atoms with Crippen molar-refractivity contribution in [2.24, 2.45) is 29.6 Å². The van der Waals surface area contributed by atoms with Crippen LogP contribution in [0.1, 0.15) is 140 Å². The molecule has 1 N–H and O–H groups in total. The first-order chi connectivity index (χ1) is 38.5. The highest BCUT2D eigenvalue weighted by atomic mass is 16.6. The van der Waals surface area contributed by atoms with Gasteiger partial charge in [0, 0.05) is 68.8 Å². The number of nitrogens with zero attached hydrogens (tertiary/aromatic N) is 9. The van der Waals surface area contributed by atoms with Gasteiger partial charge in [0.25, 0.3) is 5.91 Å². The summed E-state index contributed by atoms with van der Waals surface area (Å²) in [5, 5.41) is 2.84. The molecule has 0 aliphatic carbocycles. The lowest BCUT2D eigenvalue weighted by atomic mass is 9.91. The molecule has 83 heavy (non-hydrogen) atoms. The van der Waals surface area contributed by atoms with Crippen molar-refractivity contribution in [3.8, 4) is 0 Å². The number of hydrogen-bond acceptors (Lipinski definition) is 12. The maximum Gasteiger partial charge on any atom is 0.324 e. The van der Waals surface area contributed by atoms with E-state index in [-0.39, 0.29) is 62.4 Å². The first-order valence-electron chi connectivity index (χ1n) is 29.9. The largest absolute Gasteiger partial charge is 0.451 e. The maximum absolute atomic E-state index is 15.2. The van der Waals surface area contributed by atoms with E-state index in [0.29, 0.717) is 19.3 Å². The molecule has 1 saturated heterocycles. The number of ether oxygens (including phenoxy) is 1. The number of carbonyl (C=O) groups excluding carboxylic acids is 10. The van der Waals surface area contributed by atoms with Gasteiger partial charge in [-0.3, -0.25) is 52.8 Å². The van der Waals surface area contributed by atoms with Gasteiger partial charge in [-0.2, -0.15) is 0 Å². The Morgan fingerprint density at radius 2 is 1.27 bits per heavy atom. The Morgan fingerprint density at radius 1 is 0.675 bits per heavy atom. The van der Waals surface area contributed by atoms with E-state index in [4.69, 9.17) is 4.74 Å². The van der Waals surface area contributed by atoms with Crippen molar-refractivity contribution >= 4 is 59.1 Å². The quantitative estimate of drug-likeness (QED) is 0.215. The third-order valence-corrected chi connectivity index (χ3v) is 17.1. The minimum atomic E-state index is -1.20. The molecular weight excluding hydrogens is 1060 g/mol. The summed E-state index contributed by atoms with van der Waals surface area (Å²) < 4.78 is 5.87. The number of benzene rings is 1. The van der Waals surface area contributed by atoms with Gasteiger partial charge in [-0.25, -0.2) is 0 Å². The van der Waals surface area contributed by atoms with Crippen LogP contribution in [0.2, 0.25) is 0 Å². The van der Waals surface area contributed by atoms with Crippen molar-refractivity contribution in [1.82, 2.24) is 49.4 Å². The highest BCUT2D eigenvalue weighted by Crippen LogP contribution is 2.29. The van der Waals surface area contributed by atoms with Crippen molar-refractivity contribution < 1.29 is 52.7 Å². The molecule has 1 aromatic rings. The fraction of sp³-hybridized carbons (Fsp3) is 0.742. The summed E-state index contributed by atoms with van der Waals surface area (Å²) in [7, 11) is 14.1. The van der Waals surface area contributed by atoms with Gasteiger partial charge in [-0.1, -0.05) is 99.9 Å². The van der Waals surface area contributed by atoms with Crippen LogP contribution >= 0.6 is 0 Å². The van der Waals surface area contributed by atoms with Crippen LogP contribution in [0.5, 0.6) is 0 Å². The molecule has 468 valence electrons. The first kappa shape index (κ1) is 71.1. The van der Waals surface area contributed by atoms with E-state index >= 15 is 14.4 Å². The lowest BCUT2D eigenvalue weighted by Gasteiger charge is -2.42. The molecule has 11 atom stereocenters. The van der Waals surface area contributed by atoms with Crippen LogP contribution in [0.15, 0.2) is 24.3 Å². The zero-order valence-electron chi connectivity index (χ0n) is 54.3. The summed E-state index contributed by atoms with van der Waals surface area (Å²) in [6, 6.07) is -1.68. The van der Waals surface area contributed by atoms with E-state index in [1.165, 1.54) is 78.6 Å². The molecule has 2 heterocycles. The average molecular weight is 1170 g/mol. The molecule has 1 aromatic carbocycles. The third-order valence-electron chi connectivity index (χ3n) is 17.1. The molecule has 0 saturated carbocycles. The maximum atomic E-state index is 15.2. The standard InChI is InChI=1S/C62H104N10O11/c1-23-40(10)51-53(73)63-41(11)54(74)69(20)48(33-37(4)5)60(80)72-35-45-29-25-24-28-44(45)34-49(72)57(77)65(16)31-27-26-30-46(58(78)66(17)43(13)56(76)71(51)22)68(19)59(79)47(32-36(2)3)70(21)55(75)42(12)67(18)61(81)52(39(8)9)83-62(82)50(38(6)7)64(14)15/h24-25,28-29,36-43,46-52H,23,26-27,30-35H2,1-22H3,(H,63,73)/t40-,41-,42-,43-,46-,47-,48-,49-,50-,51-,52+/m0/s1. The molecule has 0 unspecified atom stereocenters. The van der Waals surface area contributed by atoms with Crippen LogP contribution < -0.4 is 5.32 Å². The molecule has 3 rings (SSSR count). The highest BCUT2D eigenvalue weighted by molar-refractivity contribution is 5.98. The molecule has 0 bridgehead atoms. The summed E-state index contributed by atoms with van der Waals surface area (Å²) >= 11 is 0. The fourth-order valence-corrected chi connectivity index (χ4v) is 11.5. The molecule has 9 amide bonds. The second-order valence-electron chi connectivity index (χ2n) is 25.4. The molecule has 0 spiro atoms. The lowest BCUT2D eigenvalue weighted by Crippen LogP contribution is -2.61. The molecule has 21 heteroatoms. The van der Waals surface area contributed by atoms with Crippen molar-refractivity contribution in [1.29, 1.82) is 0 Å². The lowest BCUT2D eigenvalue weighted by molar-refractivity contribution is -0.169. The van der Waals surface area contributed by atoms with Gasteiger partial charge in [0.1, 0.15) is 54.4 Å². The molecule has 21 nitrogen and oxygen atoms in total. The highest BCUT2D eigenvalue weighted by Gasteiger charge is 2.45. The number of amides is 9. The van der Waals surface area contributed by atoms with E-state index in [2.05, 4.69) is 5.32 Å². The first-order valence-corrected chi connectivity index (χ1v) is 29.9. The predicted octanol–water partition coefficient (Wildman–Crippen LogP) is 4.38. The zero-order chi connectivity index (χ0) is 63.4. The molecule has 0 aromatic heterocycles. The van der Waals surface area contributed by atoms with E-state index in [1.807, 2.05) is 79.7 Å². The molecule has 0 radical (unpaired) electrons. The zero-order valence-corrected chi connectivity index (χ0v) is 54.3. The second-order valence-corrected chi connectivity index (χ2v) is 25.4. The molecular formula is C62H104N10O11. The van der Waals surface area contributed by atoms with Crippen LogP contribution in [0, 0.1) is 29.6 Å². The van der Waals surface area contributed by atoms with E-state index < -0.39 is 126 Å². The van der Waals surface area contributed by atoms with Gasteiger partial charge in [0.15, 0.2) is 6.10 Å². The number of esters is 1. The predicted molar refractivity (Wildman–Crippen MR) is 320 cm³/mol. The van der Waals surface area contributed by atoms with E-state index in [0.717, 1.165) is 11.1 Å². The van der Waals surface area contributed by atoms with Gasteiger partial charge in [0.2, 0.25) is 47.3 Å². The smallest absolute Gasteiger partial charge is 0.324 e. The fourth-order valence-electron chi connectivity index (χ4n) is 11.5. The average Bonchev–Trinajstić information content (AvgIpc) is 3.47. The van der Waals surface area contributed by atoms with E-state index in [9.17, 15) is 33.6 Å². The van der Waals surface area contributed by atoms with Gasteiger partial charge >= 0.3 is 5.97 Å². The summed E-state index contributed by atoms with van der Waals surface area (Å²) in [6.07, 6.45) is 0.734. The third kappa shape index (κ3) is 17.5. The Kier molecular flexibility index (Phi) is 26.7. The van der Waals surface area contributed by atoms with Gasteiger partial charge in [-0.05, 0) is 108 Å². The summed E-state index contributed by atoms with van der Waals surface area (Å²) in [5.41, 5.74) is 1.81. The Hall–Kier alpha value is -6.12. The number of nitrogens with one attached hydrogen (secondary N) is 1. The van der Waals surface area contributed by atoms with Crippen molar-refractivity contribution in [2.45, 2.75) is 202 Å². The van der Waals surface area contributed by atoms with Crippen LogP contribution in [-0.2, 0) is 65.6 Å². The summed E-state index contributed by atoms with van der Waals surface area (Å²) in [6.45, 7) is 23.6. The van der Waals surface area contributed by atoms with Crippen LogP contribution in [0.3, 0.4) is 0 Å². The minimum absolute atomic E-state index is 0.0387. The van der Waals surface area contributed by atoms with E-state index in [1.54, 1.807) is 63.5 Å². The Labute approximate surface area is 496 Å². The van der Waals surface area contributed by atoms with Gasteiger partial charge in [-0.15, -0.1) is 0 Å².